The fourth-order valence-electron chi connectivity index (χ4n) is 2.68. The van der Waals surface area contributed by atoms with Crippen molar-refractivity contribution in [2.75, 3.05) is 25.1 Å². The second-order valence-corrected chi connectivity index (χ2v) is 5.88. The third kappa shape index (κ3) is 3.28. The third-order valence-electron chi connectivity index (χ3n) is 4.43. The summed E-state index contributed by atoms with van der Waals surface area (Å²) in [6.07, 6.45) is 2.99. The van der Waals surface area contributed by atoms with Gasteiger partial charge >= 0.3 is 0 Å². The molecule has 3 nitrogen and oxygen atoms in total. The van der Waals surface area contributed by atoms with Crippen LogP contribution in [0.3, 0.4) is 0 Å². The van der Waals surface area contributed by atoms with Gasteiger partial charge in [-0.2, -0.15) is 0 Å². The van der Waals surface area contributed by atoms with E-state index in [4.69, 9.17) is 5.11 Å². The number of hydrogen-bond donors (Lipinski definition) is 2. The van der Waals surface area contributed by atoms with E-state index in [1.54, 1.807) is 0 Å². The molecular formula is C16H26N2O. The van der Waals surface area contributed by atoms with Gasteiger partial charge in [0.05, 0.1) is 0 Å². The van der Waals surface area contributed by atoms with Crippen molar-refractivity contribution in [3.8, 4) is 0 Å². The quantitative estimate of drug-likeness (QED) is 0.826. The summed E-state index contributed by atoms with van der Waals surface area (Å²) >= 11 is 0. The van der Waals surface area contributed by atoms with Crippen LogP contribution in [0.5, 0.6) is 0 Å². The van der Waals surface area contributed by atoms with E-state index >= 15 is 0 Å². The van der Waals surface area contributed by atoms with Crippen molar-refractivity contribution in [1.82, 2.24) is 5.32 Å². The van der Waals surface area contributed by atoms with E-state index in [1.165, 1.54) is 16.8 Å². The molecule has 19 heavy (non-hydrogen) atoms. The van der Waals surface area contributed by atoms with E-state index in [1.807, 2.05) is 0 Å². The zero-order valence-electron chi connectivity index (χ0n) is 12.4. The standard InChI is InChI=1S/C16H26N2O/c1-4-16(2,8-10-19)17-12-13-5-6-15-14(11-13)7-9-18(15)3/h5-6,11,17,19H,4,7-10,12H2,1-3H3. The Morgan fingerprint density at radius 3 is 2.89 bits per heavy atom. The van der Waals surface area contributed by atoms with Crippen molar-refractivity contribution in [2.24, 2.45) is 0 Å². The Hall–Kier alpha value is -1.06. The number of hydrogen-bond acceptors (Lipinski definition) is 3. The first-order valence-corrected chi connectivity index (χ1v) is 7.27. The van der Waals surface area contributed by atoms with Crippen LogP contribution in [0.4, 0.5) is 5.69 Å². The van der Waals surface area contributed by atoms with Gasteiger partial charge in [0.25, 0.3) is 0 Å². The van der Waals surface area contributed by atoms with Gasteiger partial charge in [0, 0.05) is 38.0 Å². The fourth-order valence-corrected chi connectivity index (χ4v) is 2.68. The van der Waals surface area contributed by atoms with Crippen LogP contribution < -0.4 is 10.2 Å². The lowest BCUT2D eigenvalue weighted by atomic mass is 9.94. The van der Waals surface area contributed by atoms with Crippen LogP contribution >= 0.6 is 0 Å². The van der Waals surface area contributed by atoms with Crippen LogP contribution in [0.2, 0.25) is 0 Å². The first-order chi connectivity index (χ1) is 9.08. The second kappa shape index (κ2) is 5.93. The summed E-state index contributed by atoms with van der Waals surface area (Å²) < 4.78 is 0. The molecule has 1 atom stereocenters. The van der Waals surface area contributed by atoms with Gasteiger partial charge in [0.2, 0.25) is 0 Å². The van der Waals surface area contributed by atoms with E-state index in [-0.39, 0.29) is 12.1 Å². The molecule has 0 radical (unpaired) electrons. The van der Waals surface area contributed by atoms with Crippen LogP contribution in [0.25, 0.3) is 0 Å². The monoisotopic (exact) mass is 262 g/mol. The molecular weight excluding hydrogens is 236 g/mol. The van der Waals surface area contributed by atoms with Gasteiger partial charge in [-0.15, -0.1) is 0 Å². The number of aliphatic hydroxyl groups is 1. The Kier molecular flexibility index (Phi) is 4.48. The second-order valence-electron chi connectivity index (χ2n) is 5.88. The number of nitrogens with zero attached hydrogens (tertiary/aromatic N) is 1. The first kappa shape index (κ1) is 14.4. The number of benzene rings is 1. The smallest absolute Gasteiger partial charge is 0.0448 e. The molecule has 1 aliphatic heterocycles. The molecule has 106 valence electrons. The van der Waals surface area contributed by atoms with Crippen molar-refractivity contribution in [3.63, 3.8) is 0 Å². The molecule has 0 saturated carbocycles. The minimum absolute atomic E-state index is 0.0323. The Morgan fingerprint density at radius 1 is 1.42 bits per heavy atom. The van der Waals surface area contributed by atoms with Crippen LogP contribution in [-0.4, -0.2) is 30.8 Å². The Labute approximate surface area is 116 Å². The number of likely N-dealkylation sites (N-methyl/N-ethyl adjacent to an activating group) is 1. The molecule has 0 aromatic heterocycles. The molecule has 0 aliphatic carbocycles. The van der Waals surface area contributed by atoms with Crippen LogP contribution in [0.1, 0.15) is 37.8 Å². The van der Waals surface area contributed by atoms with Crippen molar-refractivity contribution >= 4 is 5.69 Å². The van der Waals surface area contributed by atoms with Crippen molar-refractivity contribution in [1.29, 1.82) is 0 Å². The van der Waals surface area contributed by atoms with E-state index in [0.29, 0.717) is 0 Å². The van der Waals surface area contributed by atoms with Crippen LogP contribution in [-0.2, 0) is 13.0 Å². The third-order valence-corrected chi connectivity index (χ3v) is 4.43. The maximum absolute atomic E-state index is 9.14. The summed E-state index contributed by atoms with van der Waals surface area (Å²) in [5.41, 5.74) is 4.20. The minimum Gasteiger partial charge on any atom is -0.396 e. The molecule has 1 unspecified atom stereocenters. The number of nitrogens with one attached hydrogen (secondary N) is 1. The zero-order chi connectivity index (χ0) is 13.9. The normalized spacial score (nSPS) is 17.4. The van der Waals surface area contributed by atoms with Gasteiger partial charge in [-0.25, -0.2) is 0 Å². The van der Waals surface area contributed by atoms with Gasteiger partial charge in [-0.1, -0.05) is 19.1 Å². The molecule has 2 N–H and O–H groups in total. The molecule has 0 saturated heterocycles. The molecule has 0 fully saturated rings. The highest BCUT2D eigenvalue weighted by Crippen LogP contribution is 2.27. The summed E-state index contributed by atoms with van der Waals surface area (Å²) in [5, 5.41) is 12.7. The number of aliphatic hydroxyl groups excluding tert-OH is 1. The van der Waals surface area contributed by atoms with Crippen molar-refractivity contribution in [2.45, 2.75) is 45.2 Å². The Morgan fingerprint density at radius 2 is 2.21 bits per heavy atom. The van der Waals surface area contributed by atoms with E-state index in [0.717, 1.165) is 32.4 Å². The van der Waals surface area contributed by atoms with Crippen molar-refractivity contribution in [3.05, 3.63) is 29.3 Å². The summed E-state index contributed by atoms with van der Waals surface area (Å²) in [7, 11) is 2.15. The lowest BCUT2D eigenvalue weighted by Crippen LogP contribution is -2.42. The lowest BCUT2D eigenvalue weighted by molar-refractivity contribution is 0.214. The van der Waals surface area contributed by atoms with Gasteiger partial charge in [0.1, 0.15) is 0 Å². The van der Waals surface area contributed by atoms with Crippen molar-refractivity contribution < 1.29 is 5.11 Å². The fraction of sp³-hybridized carbons (Fsp3) is 0.625. The van der Waals surface area contributed by atoms with Gasteiger partial charge in [0.15, 0.2) is 0 Å². The molecule has 1 aliphatic rings. The van der Waals surface area contributed by atoms with Crippen LogP contribution in [0.15, 0.2) is 18.2 Å². The highest BCUT2D eigenvalue weighted by atomic mass is 16.3. The predicted octanol–water partition coefficient (Wildman–Crippen LogP) is 2.32. The molecule has 1 aromatic rings. The summed E-state index contributed by atoms with van der Waals surface area (Å²) in [6.45, 7) is 6.60. The maximum atomic E-state index is 9.14. The molecule has 0 amide bonds. The summed E-state index contributed by atoms with van der Waals surface area (Å²) in [6, 6.07) is 6.76. The number of rotatable bonds is 6. The lowest BCUT2D eigenvalue weighted by Gasteiger charge is -2.29. The minimum atomic E-state index is 0.0323. The van der Waals surface area contributed by atoms with E-state index < -0.39 is 0 Å². The molecule has 1 heterocycles. The molecule has 0 bridgehead atoms. The van der Waals surface area contributed by atoms with Gasteiger partial charge in [-0.3, -0.25) is 0 Å². The van der Waals surface area contributed by atoms with Gasteiger partial charge < -0.3 is 15.3 Å². The first-order valence-electron chi connectivity index (χ1n) is 7.27. The number of anilines is 1. The van der Waals surface area contributed by atoms with Crippen LogP contribution in [0, 0.1) is 0 Å². The number of fused-ring (bicyclic) bond motifs is 1. The summed E-state index contributed by atoms with van der Waals surface area (Å²) in [5.74, 6) is 0. The molecule has 2 rings (SSSR count). The Balaban J connectivity index is 2.00. The molecule has 3 heteroatoms. The largest absolute Gasteiger partial charge is 0.396 e. The maximum Gasteiger partial charge on any atom is 0.0448 e. The zero-order valence-corrected chi connectivity index (χ0v) is 12.4. The highest BCUT2D eigenvalue weighted by molar-refractivity contribution is 5.58. The predicted molar refractivity (Wildman–Crippen MR) is 80.7 cm³/mol. The van der Waals surface area contributed by atoms with Gasteiger partial charge in [-0.05, 0) is 43.4 Å². The SMILES string of the molecule is CCC(C)(CCO)NCc1ccc2c(c1)CCN2C. The highest BCUT2D eigenvalue weighted by Gasteiger charge is 2.21. The molecule has 0 spiro atoms. The Bertz CT molecular complexity index is 433. The average molecular weight is 262 g/mol. The topological polar surface area (TPSA) is 35.5 Å². The summed E-state index contributed by atoms with van der Waals surface area (Å²) in [4.78, 5) is 2.31. The molecule has 1 aromatic carbocycles. The average Bonchev–Trinajstić information content (AvgIpc) is 2.78. The van der Waals surface area contributed by atoms with E-state index in [2.05, 4.69) is 49.3 Å². The van der Waals surface area contributed by atoms with E-state index in [9.17, 15) is 0 Å².